The van der Waals surface area contributed by atoms with Crippen LogP contribution in [-0.4, -0.2) is 36.5 Å². The summed E-state index contributed by atoms with van der Waals surface area (Å²) in [6.07, 6.45) is 1.03. The van der Waals surface area contributed by atoms with Gasteiger partial charge in [0.25, 0.3) is 0 Å². The minimum absolute atomic E-state index is 0.107. The summed E-state index contributed by atoms with van der Waals surface area (Å²) in [6.45, 7) is 3.46. The zero-order valence-electron chi connectivity index (χ0n) is 9.19. The fourth-order valence-electron chi connectivity index (χ4n) is 1.55. The molecule has 0 unspecified atom stereocenters. The summed E-state index contributed by atoms with van der Waals surface area (Å²) in [4.78, 5) is 1.97. The number of nitrogens with zero attached hydrogens (tertiary/aromatic N) is 1. The molecule has 0 atom stereocenters. The predicted molar refractivity (Wildman–Crippen MR) is 62.2 cm³/mol. The second-order valence-electron chi connectivity index (χ2n) is 3.45. The second kappa shape index (κ2) is 6.43. The van der Waals surface area contributed by atoms with Gasteiger partial charge in [-0.15, -0.1) is 0 Å². The molecule has 15 heavy (non-hydrogen) atoms. The van der Waals surface area contributed by atoms with Crippen LogP contribution >= 0.6 is 0 Å². The normalized spacial score (nSPS) is 10.3. The SMILES string of the molecule is CCc1ccc(N(CCO)CCO)cc1. The van der Waals surface area contributed by atoms with Crippen LogP contribution in [0.5, 0.6) is 0 Å². The molecule has 0 spiro atoms. The molecule has 0 bridgehead atoms. The quantitative estimate of drug-likeness (QED) is 0.735. The molecule has 1 aromatic rings. The maximum atomic E-state index is 8.90. The van der Waals surface area contributed by atoms with Gasteiger partial charge in [-0.05, 0) is 24.1 Å². The number of aryl methyl sites for hydroxylation is 1. The fourth-order valence-corrected chi connectivity index (χ4v) is 1.55. The zero-order valence-corrected chi connectivity index (χ0v) is 9.19. The van der Waals surface area contributed by atoms with Gasteiger partial charge in [0, 0.05) is 18.8 Å². The van der Waals surface area contributed by atoms with E-state index in [-0.39, 0.29) is 13.2 Å². The number of benzene rings is 1. The summed E-state index contributed by atoms with van der Waals surface area (Å²) in [7, 11) is 0. The molecule has 0 amide bonds. The maximum absolute atomic E-state index is 8.90. The van der Waals surface area contributed by atoms with Gasteiger partial charge >= 0.3 is 0 Å². The van der Waals surface area contributed by atoms with Gasteiger partial charge in [0.2, 0.25) is 0 Å². The van der Waals surface area contributed by atoms with E-state index < -0.39 is 0 Å². The summed E-state index contributed by atoms with van der Waals surface area (Å²) in [5.41, 5.74) is 2.35. The van der Waals surface area contributed by atoms with Gasteiger partial charge < -0.3 is 15.1 Å². The Labute approximate surface area is 91.0 Å². The topological polar surface area (TPSA) is 43.7 Å². The van der Waals surface area contributed by atoms with E-state index in [0.29, 0.717) is 13.1 Å². The van der Waals surface area contributed by atoms with Crippen molar-refractivity contribution in [2.45, 2.75) is 13.3 Å². The van der Waals surface area contributed by atoms with Crippen molar-refractivity contribution in [2.24, 2.45) is 0 Å². The van der Waals surface area contributed by atoms with E-state index in [4.69, 9.17) is 10.2 Å². The van der Waals surface area contributed by atoms with Crippen LogP contribution in [0.3, 0.4) is 0 Å². The molecular formula is C12H19NO2. The molecule has 0 aliphatic heterocycles. The lowest BCUT2D eigenvalue weighted by Crippen LogP contribution is -2.29. The lowest BCUT2D eigenvalue weighted by molar-refractivity contribution is 0.281. The highest BCUT2D eigenvalue weighted by molar-refractivity contribution is 5.47. The molecule has 0 saturated heterocycles. The van der Waals surface area contributed by atoms with Crippen LogP contribution < -0.4 is 4.90 Å². The molecule has 1 rings (SSSR count). The minimum atomic E-state index is 0.107. The molecule has 2 N–H and O–H groups in total. The van der Waals surface area contributed by atoms with Gasteiger partial charge in [0.15, 0.2) is 0 Å². The molecule has 3 nitrogen and oxygen atoms in total. The van der Waals surface area contributed by atoms with Crippen molar-refractivity contribution in [1.29, 1.82) is 0 Å². The van der Waals surface area contributed by atoms with Gasteiger partial charge in [-0.3, -0.25) is 0 Å². The fraction of sp³-hybridized carbons (Fsp3) is 0.500. The zero-order chi connectivity index (χ0) is 11.1. The first-order valence-corrected chi connectivity index (χ1v) is 5.37. The molecule has 0 aliphatic rings. The lowest BCUT2D eigenvalue weighted by atomic mass is 10.1. The average molecular weight is 209 g/mol. The van der Waals surface area contributed by atoms with Crippen molar-refractivity contribution in [3.8, 4) is 0 Å². The largest absolute Gasteiger partial charge is 0.395 e. The molecule has 0 aromatic heterocycles. The molecular weight excluding hydrogens is 190 g/mol. The number of rotatable bonds is 6. The molecule has 0 radical (unpaired) electrons. The average Bonchev–Trinajstić information content (AvgIpc) is 2.29. The third-order valence-corrected chi connectivity index (χ3v) is 2.45. The summed E-state index contributed by atoms with van der Waals surface area (Å²) in [5.74, 6) is 0. The van der Waals surface area contributed by atoms with Crippen molar-refractivity contribution in [3.63, 3.8) is 0 Å². The van der Waals surface area contributed by atoms with Crippen molar-refractivity contribution >= 4 is 5.69 Å². The molecule has 0 fully saturated rings. The molecule has 0 heterocycles. The van der Waals surface area contributed by atoms with Gasteiger partial charge in [-0.25, -0.2) is 0 Å². The van der Waals surface area contributed by atoms with Crippen molar-refractivity contribution in [2.75, 3.05) is 31.2 Å². The third kappa shape index (κ3) is 3.53. The van der Waals surface area contributed by atoms with Gasteiger partial charge in [0.1, 0.15) is 0 Å². The van der Waals surface area contributed by atoms with E-state index in [1.165, 1.54) is 5.56 Å². The number of hydrogen-bond donors (Lipinski definition) is 2. The Bertz CT molecular complexity index is 265. The van der Waals surface area contributed by atoms with Crippen molar-refractivity contribution in [1.82, 2.24) is 0 Å². The van der Waals surface area contributed by atoms with Gasteiger partial charge in [-0.2, -0.15) is 0 Å². The standard InChI is InChI=1S/C12H19NO2/c1-2-11-3-5-12(6-4-11)13(7-9-14)8-10-15/h3-6,14-15H,2,7-10H2,1H3. The monoisotopic (exact) mass is 209 g/mol. The predicted octanol–water partition coefficient (Wildman–Crippen LogP) is 1.04. The van der Waals surface area contributed by atoms with Crippen LogP contribution in [-0.2, 0) is 6.42 Å². The Morgan fingerprint density at radius 1 is 1.00 bits per heavy atom. The van der Waals surface area contributed by atoms with Crippen LogP contribution in [0.15, 0.2) is 24.3 Å². The van der Waals surface area contributed by atoms with Crippen molar-refractivity contribution in [3.05, 3.63) is 29.8 Å². The number of aliphatic hydroxyl groups is 2. The van der Waals surface area contributed by atoms with E-state index in [1.54, 1.807) is 0 Å². The van der Waals surface area contributed by atoms with Crippen LogP contribution in [0.1, 0.15) is 12.5 Å². The Morgan fingerprint density at radius 2 is 1.53 bits per heavy atom. The number of aliphatic hydroxyl groups excluding tert-OH is 2. The van der Waals surface area contributed by atoms with E-state index in [2.05, 4.69) is 19.1 Å². The van der Waals surface area contributed by atoms with E-state index in [1.807, 2.05) is 17.0 Å². The Hall–Kier alpha value is -1.06. The van der Waals surface area contributed by atoms with E-state index in [9.17, 15) is 0 Å². The Kier molecular flexibility index (Phi) is 5.15. The second-order valence-corrected chi connectivity index (χ2v) is 3.45. The van der Waals surface area contributed by atoms with Crippen LogP contribution in [0.2, 0.25) is 0 Å². The van der Waals surface area contributed by atoms with E-state index >= 15 is 0 Å². The summed E-state index contributed by atoms with van der Waals surface area (Å²) in [6, 6.07) is 8.22. The summed E-state index contributed by atoms with van der Waals surface area (Å²) < 4.78 is 0. The lowest BCUT2D eigenvalue weighted by Gasteiger charge is -2.23. The number of hydrogen-bond acceptors (Lipinski definition) is 3. The highest BCUT2D eigenvalue weighted by atomic mass is 16.3. The van der Waals surface area contributed by atoms with Gasteiger partial charge in [-0.1, -0.05) is 19.1 Å². The first-order valence-electron chi connectivity index (χ1n) is 5.37. The molecule has 0 aliphatic carbocycles. The van der Waals surface area contributed by atoms with Gasteiger partial charge in [0.05, 0.1) is 13.2 Å². The molecule has 0 saturated carbocycles. The highest BCUT2D eigenvalue weighted by Gasteiger charge is 2.04. The minimum Gasteiger partial charge on any atom is -0.395 e. The highest BCUT2D eigenvalue weighted by Crippen LogP contribution is 2.14. The maximum Gasteiger partial charge on any atom is 0.0606 e. The van der Waals surface area contributed by atoms with E-state index in [0.717, 1.165) is 12.1 Å². The first kappa shape index (κ1) is 12.0. The van der Waals surface area contributed by atoms with Crippen LogP contribution in [0.25, 0.3) is 0 Å². The third-order valence-electron chi connectivity index (χ3n) is 2.45. The van der Waals surface area contributed by atoms with Crippen LogP contribution in [0.4, 0.5) is 5.69 Å². The molecule has 1 aromatic carbocycles. The Morgan fingerprint density at radius 3 is 1.93 bits per heavy atom. The van der Waals surface area contributed by atoms with Crippen molar-refractivity contribution < 1.29 is 10.2 Å². The number of anilines is 1. The summed E-state index contributed by atoms with van der Waals surface area (Å²) in [5, 5.41) is 17.8. The molecule has 3 heteroatoms. The summed E-state index contributed by atoms with van der Waals surface area (Å²) >= 11 is 0. The first-order chi connectivity index (χ1) is 7.31. The Balaban J connectivity index is 2.72. The smallest absolute Gasteiger partial charge is 0.0606 e. The van der Waals surface area contributed by atoms with Crippen LogP contribution in [0, 0.1) is 0 Å². The molecule has 84 valence electrons.